The van der Waals surface area contributed by atoms with Crippen molar-refractivity contribution < 1.29 is 9.47 Å². The van der Waals surface area contributed by atoms with Crippen LogP contribution in [0.25, 0.3) is 0 Å². The van der Waals surface area contributed by atoms with Gasteiger partial charge in [0.05, 0.1) is 5.54 Å². The lowest BCUT2D eigenvalue weighted by Gasteiger charge is -2.27. The van der Waals surface area contributed by atoms with Crippen LogP contribution in [-0.4, -0.2) is 26.0 Å². The number of hydrogen-bond acceptors (Lipinski definition) is 3. The van der Waals surface area contributed by atoms with Crippen LogP contribution in [0.5, 0.6) is 0 Å². The van der Waals surface area contributed by atoms with Crippen LogP contribution in [-0.2, 0) is 9.47 Å². The van der Waals surface area contributed by atoms with Gasteiger partial charge in [0.25, 0.3) is 0 Å². The van der Waals surface area contributed by atoms with Crippen LogP contribution in [0.1, 0.15) is 13.8 Å². The Labute approximate surface area is 56.1 Å². The Balaban J connectivity index is 3.79. The van der Waals surface area contributed by atoms with Gasteiger partial charge in [-0.2, -0.15) is 0 Å². The number of hydrogen-bond donors (Lipinski definition) is 1. The summed E-state index contributed by atoms with van der Waals surface area (Å²) in [4.78, 5) is 0. The molecule has 0 amide bonds. The van der Waals surface area contributed by atoms with Crippen molar-refractivity contribution in [2.24, 2.45) is 5.73 Å². The highest BCUT2D eigenvalue weighted by molar-refractivity contribution is 4.75. The van der Waals surface area contributed by atoms with Crippen LogP contribution in [0.2, 0.25) is 0 Å². The van der Waals surface area contributed by atoms with Gasteiger partial charge in [0.1, 0.15) is 0 Å². The van der Waals surface area contributed by atoms with Crippen molar-refractivity contribution >= 4 is 0 Å². The van der Waals surface area contributed by atoms with Gasteiger partial charge in [0.2, 0.25) is 0 Å². The molecule has 0 saturated carbocycles. The summed E-state index contributed by atoms with van der Waals surface area (Å²) >= 11 is 0. The summed E-state index contributed by atoms with van der Waals surface area (Å²) in [6, 6.07) is 0. The minimum absolute atomic E-state index is 0.322. The molecule has 0 spiro atoms. The molecular formula is C6H15NO2. The van der Waals surface area contributed by atoms with Crippen LogP contribution in [0.15, 0.2) is 0 Å². The Morgan fingerprint density at radius 2 is 1.56 bits per heavy atom. The van der Waals surface area contributed by atoms with E-state index in [1.54, 1.807) is 14.2 Å². The zero-order valence-electron chi connectivity index (χ0n) is 6.47. The van der Waals surface area contributed by atoms with E-state index in [1.807, 2.05) is 13.8 Å². The molecule has 0 aliphatic rings. The van der Waals surface area contributed by atoms with Crippen LogP contribution in [0, 0.1) is 0 Å². The van der Waals surface area contributed by atoms with Crippen molar-refractivity contribution in [3.05, 3.63) is 0 Å². The number of ether oxygens (including phenoxy) is 2. The summed E-state index contributed by atoms with van der Waals surface area (Å²) in [6.07, 6.45) is -0.322. The van der Waals surface area contributed by atoms with Crippen molar-refractivity contribution in [3.8, 4) is 0 Å². The maximum atomic E-state index is 5.65. The van der Waals surface area contributed by atoms with Gasteiger partial charge in [0.15, 0.2) is 6.29 Å². The van der Waals surface area contributed by atoms with E-state index in [0.29, 0.717) is 0 Å². The SMILES string of the molecule is COC(OC)C(C)(C)N. The number of methoxy groups -OCH3 is 2. The standard InChI is InChI=1S/C6H15NO2/c1-6(2,7)5(8-3)9-4/h5H,7H2,1-4H3. The molecule has 2 N–H and O–H groups in total. The van der Waals surface area contributed by atoms with E-state index in [-0.39, 0.29) is 6.29 Å². The summed E-state index contributed by atoms with van der Waals surface area (Å²) in [7, 11) is 3.14. The molecule has 3 nitrogen and oxygen atoms in total. The molecule has 0 heterocycles. The van der Waals surface area contributed by atoms with Gasteiger partial charge in [-0.05, 0) is 13.8 Å². The van der Waals surface area contributed by atoms with E-state index in [9.17, 15) is 0 Å². The first-order valence-electron chi connectivity index (χ1n) is 2.87. The molecule has 0 aromatic heterocycles. The number of nitrogens with two attached hydrogens (primary N) is 1. The summed E-state index contributed by atoms with van der Waals surface area (Å²) in [5.74, 6) is 0. The van der Waals surface area contributed by atoms with Crippen molar-refractivity contribution in [3.63, 3.8) is 0 Å². The summed E-state index contributed by atoms with van der Waals surface area (Å²) in [5.41, 5.74) is 5.22. The molecule has 0 aliphatic heterocycles. The second kappa shape index (κ2) is 3.15. The molecule has 0 saturated heterocycles. The van der Waals surface area contributed by atoms with E-state index in [1.165, 1.54) is 0 Å². The first-order valence-corrected chi connectivity index (χ1v) is 2.87. The molecule has 9 heavy (non-hydrogen) atoms. The van der Waals surface area contributed by atoms with Gasteiger partial charge >= 0.3 is 0 Å². The fourth-order valence-corrected chi connectivity index (χ4v) is 0.704. The van der Waals surface area contributed by atoms with Gasteiger partial charge in [-0.1, -0.05) is 0 Å². The molecule has 0 bridgehead atoms. The fraction of sp³-hybridized carbons (Fsp3) is 1.00. The maximum Gasteiger partial charge on any atom is 0.174 e. The molecular weight excluding hydrogens is 118 g/mol. The maximum absolute atomic E-state index is 5.65. The second-order valence-electron chi connectivity index (χ2n) is 2.62. The quantitative estimate of drug-likeness (QED) is 0.565. The molecule has 0 radical (unpaired) electrons. The first kappa shape index (κ1) is 8.88. The van der Waals surface area contributed by atoms with Gasteiger partial charge in [-0.15, -0.1) is 0 Å². The Morgan fingerprint density at radius 1 is 1.22 bits per heavy atom. The van der Waals surface area contributed by atoms with Crippen molar-refractivity contribution in [1.29, 1.82) is 0 Å². The lowest BCUT2D eigenvalue weighted by Crippen LogP contribution is -2.47. The first-order chi connectivity index (χ1) is 4.02. The minimum Gasteiger partial charge on any atom is -0.354 e. The van der Waals surface area contributed by atoms with Gasteiger partial charge < -0.3 is 15.2 Å². The van der Waals surface area contributed by atoms with E-state index < -0.39 is 5.54 Å². The fourth-order valence-electron chi connectivity index (χ4n) is 0.704. The molecule has 3 heteroatoms. The monoisotopic (exact) mass is 133 g/mol. The molecule has 0 aliphatic carbocycles. The van der Waals surface area contributed by atoms with Crippen molar-refractivity contribution in [2.75, 3.05) is 14.2 Å². The molecule has 0 fully saturated rings. The Bertz CT molecular complexity index is 73.6. The molecule has 0 aromatic rings. The van der Waals surface area contributed by atoms with Crippen molar-refractivity contribution in [1.82, 2.24) is 0 Å². The largest absolute Gasteiger partial charge is 0.354 e. The summed E-state index contributed by atoms with van der Waals surface area (Å²) < 4.78 is 9.83. The predicted octanol–water partition coefficient (Wildman–Crippen LogP) is 0.343. The van der Waals surface area contributed by atoms with Gasteiger partial charge in [-0.25, -0.2) is 0 Å². The van der Waals surface area contributed by atoms with Gasteiger partial charge in [-0.3, -0.25) is 0 Å². The topological polar surface area (TPSA) is 44.5 Å². The van der Waals surface area contributed by atoms with E-state index in [4.69, 9.17) is 15.2 Å². The van der Waals surface area contributed by atoms with Crippen LogP contribution in [0.3, 0.4) is 0 Å². The van der Waals surface area contributed by atoms with E-state index in [2.05, 4.69) is 0 Å². The van der Waals surface area contributed by atoms with Crippen LogP contribution >= 0.6 is 0 Å². The summed E-state index contributed by atoms with van der Waals surface area (Å²) in [5, 5.41) is 0. The Morgan fingerprint density at radius 3 is 1.56 bits per heavy atom. The lowest BCUT2D eigenvalue weighted by molar-refractivity contribution is -0.137. The highest BCUT2D eigenvalue weighted by atomic mass is 16.7. The third kappa shape index (κ3) is 2.79. The lowest BCUT2D eigenvalue weighted by atomic mass is 10.1. The average molecular weight is 133 g/mol. The smallest absolute Gasteiger partial charge is 0.174 e. The molecule has 0 aromatic carbocycles. The summed E-state index contributed by atoms with van der Waals surface area (Å²) in [6.45, 7) is 3.70. The normalized spacial score (nSPS) is 12.7. The molecule has 0 atom stereocenters. The Hall–Kier alpha value is -0.120. The van der Waals surface area contributed by atoms with Crippen LogP contribution in [0.4, 0.5) is 0 Å². The van der Waals surface area contributed by atoms with Crippen LogP contribution < -0.4 is 5.73 Å². The Kier molecular flexibility index (Phi) is 3.11. The third-order valence-electron chi connectivity index (χ3n) is 1.04. The third-order valence-corrected chi connectivity index (χ3v) is 1.04. The molecule has 0 unspecified atom stereocenters. The zero-order valence-corrected chi connectivity index (χ0v) is 6.47. The average Bonchev–Trinajstić information content (AvgIpc) is 1.65. The van der Waals surface area contributed by atoms with E-state index in [0.717, 1.165) is 0 Å². The molecule has 0 rings (SSSR count). The zero-order chi connectivity index (χ0) is 7.49. The molecule has 56 valence electrons. The van der Waals surface area contributed by atoms with E-state index >= 15 is 0 Å². The second-order valence-corrected chi connectivity index (χ2v) is 2.62. The number of rotatable bonds is 3. The highest BCUT2D eigenvalue weighted by Crippen LogP contribution is 2.07. The van der Waals surface area contributed by atoms with Gasteiger partial charge in [0, 0.05) is 14.2 Å². The minimum atomic E-state index is -0.427. The van der Waals surface area contributed by atoms with Crippen molar-refractivity contribution in [2.45, 2.75) is 25.7 Å². The highest BCUT2D eigenvalue weighted by Gasteiger charge is 2.23. The predicted molar refractivity (Wildman–Crippen MR) is 36.1 cm³/mol.